The van der Waals surface area contributed by atoms with E-state index in [9.17, 15) is 9.18 Å². The maximum atomic E-state index is 13.2. The van der Waals surface area contributed by atoms with Gasteiger partial charge in [-0.1, -0.05) is 41.1 Å². The first kappa shape index (κ1) is 22.1. The number of halogens is 2. The molecule has 3 aromatic rings. The van der Waals surface area contributed by atoms with Crippen molar-refractivity contribution < 1.29 is 13.9 Å². The van der Waals surface area contributed by atoms with E-state index >= 15 is 0 Å². The average Bonchev–Trinajstić information content (AvgIpc) is 3.10. The molecule has 0 aliphatic carbocycles. The number of hydrogen-bond acceptors (Lipinski definition) is 5. The molecule has 3 rings (SSSR count). The third kappa shape index (κ3) is 5.52. The SMILES string of the molecule is CCn1c(COc2ccc(C)cc2C)nnc1SCC(=O)Nc1ccc(F)c(Cl)c1. The summed E-state index contributed by atoms with van der Waals surface area (Å²) in [5.74, 6) is 0.839. The van der Waals surface area contributed by atoms with Gasteiger partial charge in [0.05, 0.1) is 10.8 Å². The summed E-state index contributed by atoms with van der Waals surface area (Å²) in [4.78, 5) is 12.2. The number of carbonyl (C=O) groups excluding carboxylic acids is 1. The standard InChI is InChI=1S/C21H22ClFN4O2S/c1-4-27-19(11-29-18-8-5-13(2)9-14(18)3)25-26-21(27)30-12-20(28)24-15-6-7-17(23)16(22)10-15/h5-10H,4,11-12H2,1-3H3,(H,24,28). The second kappa shape index (κ2) is 9.95. The number of benzene rings is 2. The molecule has 0 fully saturated rings. The minimum atomic E-state index is -0.532. The van der Waals surface area contributed by atoms with Gasteiger partial charge in [-0.15, -0.1) is 10.2 Å². The number of amides is 1. The highest BCUT2D eigenvalue weighted by Gasteiger charge is 2.14. The van der Waals surface area contributed by atoms with Gasteiger partial charge in [0.15, 0.2) is 11.0 Å². The molecule has 6 nitrogen and oxygen atoms in total. The Morgan fingerprint density at radius 3 is 2.73 bits per heavy atom. The molecule has 1 N–H and O–H groups in total. The Morgan fingerprint density at radius 2 is 2.03 bits per heavy atom. The van der Waals surface area contributed by atoms with Crippen molar-refractivity contribution in [3.8, 4) is 5.75 Å². The van der Waals surface area contributed by atoms with E-state index in [1.807, 2.05) is 37.5 Å². The maximum absolute atomic E-state index is 13.2. The molecule has 0 radical (unpaired) electrons. The predicted octanol–water partition coefficient (Wildman–Crippen LogP) is 5.02. The molecule has 0 spiro atoms. The minimum absolute atomic E-state index is 0.0420. The van der Waals surface area contributed by atoms with Crippen LogP contribution in [0, 0.1) is 19.7 Å². The van der Waals surface area contributed by atoms with Crippen LogP contribution in [0.2, 0.25) is 5.02 Å². The van der Waals surface area contributed by atoms with Gasteiger partial charge in [0, 0.05) is 12.2 Å². The Kier molecular flexibility index (Phi) is 7.33. The van der Waals surface area contributed by atoms with Crippen molar-refractivity contribution in [2.24, 2.45) is 0 Å². The summed E-state index contributed by atoms with van der Waals surface area (Å²) in [5, 5.41) is 11.7. The fraction of sp³-hybridized carbons (Fsp3) is 0.286. The van der Waals surface area contributed by atoms with Crippen molar-refractivity contribution in [1.29, 1.82) is 0 Å². The lowest BCUT2D eigenvalue weighted by molar-refractivity contribution is -0.113. The number of hydrogen-bond donors (Lipinski definition) is 1. The Bertz CT molecular complexity index is 1060. The number of nitrogens with one attached hydrogen (secondary N) is 1. The Morgan fingerprint density at radius 1 is 1.23 bits per heavy atom. The van der Waals surface area contributed by atoms with E-state index in [0.29, 0.717) is 23.2 Å². The van der Waals surface area contributed by atoms with Crippen molar-refractivity contribution in [2.75, 3.05) is 11.1 Å². The van der Waals surface area contributed by atoms with Crippen LogP contribution >= 0.6 is 23.4 Å². The molecule has 0 saturated heterocycles. The van der Waals surface area contributed by atoms with Crippen molar-refractivity contribution >= 4 is 35.0 Å². The first-order valence-electron chi connectivity index (χ1n) is 9.37. The fourth-order valence-corrected chi connectivity index (χ4v) is 3.86. The molecule has 0 saturated carbocycles. The number of aromatic nitrogens is 3. The van der Waals surface area contributed by atoms with E-state index in [0.717, 1.165) is 11.3 Å². The third-order valence-corrected chi connectivity index (χ3v) is 5.59. The van der Waals surface area contributed by atoms with Crippen molar-refractivity contribution in [2.45, 2.75) is 39.1 Å². The quantitative estimate of drug-likeness (QED) is 0.490. The summed E-state index contributed by atoms with van der Waals surface area (Å²) in [6.45, 7) is 6.95. The van der Waals surface area contributed by atoms with Gasteiger partial charge >= 0.3 is 0 Å². The number of rotatable bonds is 8. The molecule has 9 heteroatoms. The van der Waals surface area contributed by atoms with Crippen LogP contribution in [0.5, 0.6) is 5.75 Å². The molecule has 2 aromatic carbocycles. The first-order valence-corrected chi connectivity index (χ1v) is 10.7. The number of carbonyl (C=O) groups is 1. The Balaban J connectivity index is 1.59. The van der Waals surface area contributed by atoms with Crippen LogP contribution in [-0.2, 0) is 17.9 Å². The highest BCUT2D eigenvalue weighted by atomic mass is 35.5. The van der Waals surface area contributed by atoms with Gasteiger partial charge in [0.1, 0.15) is 18.2 Å². The van der Waals surface area contributed by atoms with E-state index < -0.39 is 5.82 Å². The zero-order valence-electron chi connectivity index (χ0n) is 16.9. The monoisotopic (exact) mass is 448 g/mol. The lowest BCUT2D eigenvalue weighted by atomic mass is 10.1. The van der Waals surface area contributed by atoms with E-state index in [1.165, 1.54) is 35.5 Å². The van der Waals surface area contributed by atoms with Crippen molar-refractivity contribution in [1.82, 2.24) is 14.8 Å². The fourth-order valence-electron chi connectivity index (χ4n) is 2.85. The number of ether oxygens (including phenoxy) is 1. The number of aryl methyl sites for hydroxylation is 2. The normalized spacial score (nSPS) is 10.8. The van der Waals surface area contributed by atoms with Gasteiger partial charge in [-0.3, -0.25) is 4.79 Å². The smallest absolute Gasteiger partial charge is 0.234 e. The van der Waals surface area contributed by atoms with Crippen LogP contribution in [0.1, 0.15) is 23.9 Å². The van der Waals surface area contributed by atoms with E-state index in [-0.39, 0.29) is 23.3 Å². The molecule has 158 valence electrons. The summed E-state index contributed by atoms with van der Waals surface area (Å²) >= 11 is 7.01. The van der Waals surface area contributed by atoms with Crippen LogP contribution in [0.15, 0.2) is 41.6 Å². The van der Waals surface area contributed by atoms with Crippen LogP contribution in [0.4, 0.5) is 10.1 Å². The number of thioether (sulfide) groups is 1. The predicted molar refractivity (Wildman–Crippen MR) is 117 cm³/mol. The zero-order valence-corrected chi connectivity index (χ0v) is 18.5. The molecule has 0 atom stereocenters. The molecule has 1 heterocycles. The van der Waals surface area contributed by atoms with Gasteiger partial charge in [0.25, 0.3) is 0 Å². The van der Waals surface area contributed by atoms with Gasteiger partial charge in [-0.2, -0.15) is 0 Å². The van der Waals surface area contributed by atoms with Gasteiger partial charge in [-0.25, -0.2) is 4.39 Å². The first-order chi connectivity index (χ1) is 14.4. The van der Waals surface area contributed by atoms with Crippen LogP contribution < -0.4 is 10.1 Å². The summed E-state index contributed by atoms with van der Waals surface area (Å²) in [6.07, 6.45) is 0. The van der Waals surface area contributed by atoms with Crippen LogP contribution in [0.3, 0.4) is 0 Å². The molecular weight excluding hydrogens is 427 g/mol. The van der Waals surface area contributed by atoms with Gasteiger partial charge in [-0.05, 0) is 50.6 Å². The lowest BCUT2D eigenvalue weighted by Crippen LogP contribution is -2.15. The van der Waals surface area contributed by atoms with E-state index in [4.69, 9.17) is 16.3 Å². The Hall–Kier alpha value is -2.58. The topological polar surface area (TPSA) is 69.0 Å². The van der Waals surface area contributed by atoms with Gasteiger partial charge in [0.2, 0.25) is 5.91 Å². The molecule has 30 heavy (non-hydrogen) atoms. The molecule has 1 amide bonds. The maximum Gasteiger partial charge on any atom is 0.234 e. The summed E-state index contributed by atoms with van der Waals surface area (Å²) < 4.78 is 21.0. The minimum Gasteiger partial charge on any atom is -0.485 e. The lowest BCUT2D eigenvalue weighted by Gasteiger charge is -2.11. The highest BCUT2D eigenvalue weighted by Crippen LogP contribution is 2.23. The second-order valence-electron chi connectivity index (χ2n) is 6.67. The highest BCUT2D eigenvalue weighted by molar-refractivity contribution is 7.99. The number of nitrogens with zero attached hydrogens (tertiary/aromatic N) is 3. The molecule has 0 aliphatic rings. The zero-order chi connectivity index (χ0) is 21.7. The number of anilines is 1. The van der Waals surface area contributed by atoms with Crippen molar-refractivity contribution in [3.63, 3.8) is 0 Å². The molecule has 1 aromatic heterocycles. The van der Waals surface area contributed by atoms with Crippen LogP contribution in [0.25, 0.3) is 0 Å². The molecule has 0 unspecified atom stereocenters. The summed E-state index contributed by atoms with van der Waals surface area (Å²) in [5.41, 5.74) is 2.67. The molecular formula is C21H22ClFN4O2S. The van der Waals surface area contributed by atoms with Crippen LogP contribution in [-0.4, -0.2) is 26.4 Å². The average molecular weight is 449 g/mol. The van der Waals surface area contributed by atoms with E-state index in [2.05, 4.69) is 21.6 Å². The largest absolute Gasteiger partial charge is 0.485 e. The Labute approximate surface area is 183 Å². The van der Waals surface area contributed by atoms with Gasteiger partial charge < -0.3 is 14.6 Å². The second-order valence-corrected chi connectivity index (χ2v) is 8.02. The molecule has 0 bridgehead atoms. The summed E-state index contributed by atoms with van der Waals surface area (Å²) in [7, 11) is 0. The third-order valence-electron chi connectivity index (χ3n) is 4.33. The summed E-state index contributed by atoms with van der Waals surface area (Å²) in [6, 6.07) is 10.0. The molecule has 0 aliphatic heterocycles. The van der Waals surface area contributed by atoms with E-state index in [1.54, 1.807) is 0 Å². The van der Waals surface area contributed by atoms with Crippen molar-refractivity contribution in [3.05, 3.63) is 64.2 Å².